The monoisotopic (exact) mass is 452 g/mol. The summed E-state index contributed by atoms with van der Waals surface area (Å²) in [6.45, 7) is 3.56. The molecule has 1 amide bonds. The number of hydrogen-bond donors (Lipinski definition) is 1. The summed E-state index contributed by atoms with van der Waals surface area (Å²) in [7, 11) is -2.55. The summed E-state index contributed by atoms with van der Waals surface area (Å²) in [6, 6.07) is 22.0. The first-order valence-corrected chi connectivity index (χ1v) is 11.8. The summed E-state index contributed by atoms with van der Waals surface area (Å²) < 4.78 is 33.7. The number of nitrogens with one attached hydrogen (secondary N) is 1. The first-order valence-electron chi connectivity index (χ1n) is 10.4. The van der Waals surface area contributed by atoms with Crippen molar-refractivity contribution in [1.29, 1.82) is 0 Å². The summed E-state index contributed by atoms with van der Waals surface area (Å²) in [6.07, 6.45) is 0.478. The van der Waals surface area contributed by atoms with Crippen LogP contribution in [0.4, 0.5) is 5.69 Å². The van der Waals surface area contributed by atoms with Gasteiger partial charge in [-0.2, -0.15) is 4.31 Å². The summed E-state index contributed by atoms with van der Waals surface area (Å²) in [5.74, 6) is -0.151. The minimum atomic E-state index is -3.99. The fourth-order valence-corrected chi connectivity index (χ4v) is 5.01. The number of sulfonamides is 1. The van der Waals surface area contributed by atoms with Crippen molar-refractivity contribution < 1.29 is 17.9 Å². The molecule has 0 heterocycles. The second-order valence-corrected chi connectivity index (χ2v) is 9.50. The fraction of sp³-hybridized carbons (Fsp3) is 0.240. The maximum absolute atomic E-state index is 13.6. The van der Waals surface area contributed by atoms with Gasteiger partial charge in [-0.3, -0.25) is 4.79 Å². The summed E-state index contributed by atoms with van der Waals surface area (Å²) >= 11 is 0. The zero-order chi connectivity index (χ0) is 23.1. The Hall–Kier alpha value is -3.16. The van der Waals surface area contributed by atoms with Gasteiger partial charge in [0.05, 0.1) is 13.7 Å². The Morgan fingerprint density at radius 1 is 0.969 bits per heavy atom. The third-order valence-electron chi connectivity index (χ3n) is 5.17. The van der Waals surface area contributed by atoms with E-state index in [1.165, 1.54) is 11.4 Å². The minimum Gasteiger partial charge on any atom is -0.495 e. The number of rotatable bonds is 9. The SMILES string of the molecule is COc1ccc(C)cc1S(=O)(=O)N(CCc1ccccc1)CC(=O)Nc1ccccc1C. The number of carbonyl (C=O) groups excluding carboxylic acids is 1. The van der Waals surface area contributed by atoms with Crippen LogP contribution in [-0.2, 0) is 21.2 Å². The van der Waals surface area contributed by atoms with Crippen molar-refractivity contribution >= 4 is 21.6 Å². The van der Waals surface area contributed by atoms with E-state index in [4.69, 9.17) is 4.74 Å². The van der Waals surface area contributed by atoms with E-state index in [1.807, 2.05) is 62.4 Å². The standard InChI is InChI=1S/C25H28N2O4S/c1-19-13-14-23(31-3)24(17-19)32(29,30)27(16-15-21-10-5-4-6-11-21)18-25(28)26-22-12-8-7-9-20(22)2/h4-14,17H,15-16,18H2,1-3H3,(H,26,28). The zero-order valence-electron chi connectivity index (χ0n) is 18.5. The van der Waals surface area contributed by atoms with E-state index < -0.39 is 15.9 Å². The van der Waals surface area contributed by atoms with Gasteiger partial charge in [-0.05, 0) is 55.2 Å². The first-order chi connectivity index (χ1) is 15.3. The number of hydrogen-bond acceptors (Lipinski definition) is 4. The van der Waals surface area contributed by atoms with Crippen LogP contribution in [-0.4, -0.2) is 38.8 Å². The molecule has 0 aromatic heterocycles. The molecular formula is C25H28N2O4S. The number of para-hydroxylation sites is 1. The molecule has 0 saturated heterocycles. The van der Waals surface area contributed by atoms with Crippen LogP contribution in [0.3, 0.4) is 0 Å². The van der Waals surface area contributed by atoms with Gasteiger partial charge in [0.25, 0.3) is 0 Å². The topological polar surface area (TPSA) is 75.7 Å². The first kappa shape index (κ1) is 23.5. The number of aryl methyl sites for hydroxylation is 2. The number of anilines is 1. The number of benzene rings is 3. The van der Waals surface area contributed by atoms with Crippen molar-refractivity contribution in [2.24, 2.45) is 0 Å². The van der Waals surface area contributed by atoms with Gasteiger partial charge >= 0.3 is 0 Å². The van der Waals surface area contributed by atoms with Gasteiger partial charge in [0, 0.05) is 12.2 Å². The van der Waals surface area contributed by atoms with Crippen molar-refractivity contribution in [3.63, 3.8) is 0 Å². The number of methoxy groups -OCH3 is 1. The quantitative estimate of drug-likeness (QED) is 0.528. The van der Waals surface area contributed by atoms with Gasteiger partial charge in [0.1, 0.15) is 10.6 Å². The van der Waals surface area contributed by atoms with Crippen molar-refractivity contribution in [1.82, 2.24) is 4.31 Å². The van der Waals surface area contributed by atoms with Crippen molar-refractivity contribution in [3.05, 3.63) is 89.5 Å². The van der Waals surface area contributed by atoms with Crippen LogP contribution in [0.25, 0.3) is 0 Å². The molecule has 32 heavy (non-hydrogen) atoms. The molecule has 7 heteroatoms. The maximum Gasteiger partial charge on any atom is 0.247 e. The van der Waals surface area contributed by atoms with Gasteiger partial charge < -0.3 is 10.1 Å². The zero-order valence-corrected chi connectivity index (χ0v) is 19.4. The number of amides is 1. The lowest BCUT2D eigenvalue weighted by Gasteiger charge is -2.23. The van der Waals surface area contributed by atoms with Gasteiger partial charge in [0.15, 0.2) is 0 Å². The highest BCUT2D eigenvalue weighted by molar-refractivity contribution is 7.89. The van der Waals surface area contributed by atoms with Crippen LogP contribution in [0, 0.1) is 13.8 Å². The number of nitrogens with zero attached hydrogens (tertiary/aromatic N) is 1. The van der Waals surface area contributed by atoms with E-state index in [-0.39, 0.29) is 23.7 Å². The van der Waals surface area contributed by atoms with Crippen LogP contribution in [0.1, 0.15) is 16.7 Å². The molecule has 0 unspecified atom stereocenters. The molecule has 3 rings (SSSR count). The summed E-state index contributed by atoms with van der Waals surface area (Å²) in [5, 5.41) is 2.83. The third-order valence-corrected chi connectivity index (χ3v) is 7.04. The lowest BCUT2D eigenvalue weighted by Crippen LogP contribution is -2.39. The fourth-order valence-electron chi connectivity index (χ4n) is 3.37. The average Bonchev–Trinajstić information content (AvgIpc) is 2.78. The molecule has 0 aliphatic carbocycles. The van der Waals surface area contributed by atoms with E-state index in [0.717, 1.165) is 16.7 Å². The second-order valence-electron chi connectivity index (χ2n) is 7.59. The minimum absolute atomic E-state index is 0.0525. The van der Waals surface area contributed by atoms with Crippen molar-refractivity contribution in [3.8, 4) is 5.75 Å². The smallest absolute Gasteiger partial charge is 0.247 e. The van der Waals surface area contributed by atoms with Crippen LogP contribution < -0.4 is 10.1 Å². The van der Waals surface area contributed by atoms with E-state index in [1.54, 1.807) is 24.3 Å². The Morgan fingerprint density at radius 2 is 1.66 bits per heavy atom. The Labute approximate surface area is 189 Å². The lowest BCUT2D eigenvalue weighted by molar-refractivity contribution is -0.116. The molecule has 0 atom stereocenters. The van der Waals surface area contributed by atoms with Crippen LogP contribution in [0.5, 0.6) is 5.75 Å². The molecular weight excluding hydrogens is 424 g/mol. The summed E-state index contributed by atoms with van der Waals surface area (Å²) in [5.41, 5.74) is 3.34. The van der Waals surface area contributed by atoms with Gasteiger partial charge in [0.2, 0.25) is 15.9 Å². The summed E-state index contributed by atoms with van der Waals surface area (Å²) in [4.78, 5) is 12.9. The van der Waals surface area contributed by atoms with Crippen molar-refractivity contribution in [2.45, 2.75) is 25.2 Å². The van der Waals surface area contributed by atoms with Gasteiger partial charge in [-0.15, -0.1) is 0 Å². The number of carbonyl (C=O) groups is 1. The highest BCUT2D eigenvalue weighted by Crippen LogP contribution is 2.28. The molecule has 0 saturated carbocycles. The average molecular weight is 453 g/mol. The molecule has 0 aliphatic heterocycles. The Kier molecular flexibility index (Phi) is 7.66. The molecule has 3 aromatic rings. The second kappa shape index (κ2) is 10.4. The van der Waals surface area contributed by atoms with Crippen molar-refractivity contribution in [2.75, 3.05) is 25.5 Å². The predicted octanol–water partition coefficient (Wildman–Crippen LogP) is 4.18. The molecule has 0 aliphatic rings. The number of ether oxygens (including phenoxy) is 1. The van der Waals surface area contributed by atoms with Crippen LogP contribution in [0.15, 0.2) is 77.7 Å². The van der Waals surface area contributed by atoms with E-state index in [2.05, 4.69) is 5.32 Å². The largest absolute Gasteiger partial charge is 0.495 e. The molecule has 0 spiro atoms. The highest BCUT2D eigenvalue weighted by atomic mass is 32.2. The predicted molar refractivity (Wildman–Crippen MR) is 126 cm³/mol. The molecule has 6 nitrogen and oxygen atoms in total. The highest BCUT2D eigenvalue weighted by Gasteiger charge is 2.29. The molecule has 0 fully saturated rings. The third kappa shape index (κ3) is 5.75. The molecule has 3 aromatic carbocycles. The molecule has 1 N–H and O–H groups in total. The Balaban J connectivity index is 1.90. The van der Waals surface area contributed by atoms with E-state index >= 15 is 0 Å². The maximum atomic E-state index is 13.6. The van der Waals surface area contributed by atoms with E-state index in [9.17, 15) is 13.2 Å². The van der Waals surface area contributed by atoms with E-state index in [0.29, 0.717) is 12.1 Å². The van der Waals surface area contributed by atoms with Crippen LogP contribution in [0.2, 0.25) is 0 Å². The molecule has 0 bridgehead atoms. The normalized spacial score (nSPS) is 11.4. The molecule has 168 valence electrons. The molecule has 0 radical (unpaired) electrons. The van der Waals surface area contributed by atoms with Crippen LogP contribution >= 0.6 is 0 Å². The van der Waals surface area contributed by atoms with Gasteiger partial charge in [-0.1, -0.05) is 54.6 Å². The lowest BCUT2D eigenvalue weighted by atomic mass is 10.1. The van der Waals surface area contributed by atoms with Gasteiger partial charge in [-0.25, -0.2) is 8.42 Å². The Bertz CT molecular complexity index is 1180. The Morgan fingerprint density at radius 3 is 2.34 bits per heavy atom.